The van der Waals surface area contributed by atoms with Crippen LogP contribution in [0.15, 0.2) is 36.9 Å². The molecule has 0 aliphatic carbocycles. The van der Waals surface area contributed by atoms with Crippen LogP contribution in [0.2, 0.25) is 0 Å². The number of rotatable bonds is 16. The third kappa shape index (κ3) is 11.5. The molecule has 0 N–H and O–H groups in total. The molecule has 0 fully saturated rings. The molecule has 136 valence electrons. The van der Waals surface area contributed by atoms with E-state index >= 15 is 0 Å². The summed E-state index contributed by atoms with van der Waals surface area (Å²) in [4.78, 5) is 0. The lowest BCUT2D eigenvalue weighted by Crippen LogP contribution is -1.85. The van der Waals surface area contributed by atoms with Gasteiger partial charge in [-0.05, 0) is 24.0 Å². The highest BCUT2D eigenvalue weighted by atomic mass is 14.0. The van der Waals surface area contributed by atoms with Crippen molar-refractivity contribution < 1.29 is 0 Å². The van der Waals surface area contributed by atoms with E-state index in [1.165, 1.54) is 101 Å². The van der Waals surface area contributed by atoms with Crippen LogP contribution >= 0.6 is 0 Å². The van der Waals surface area contributed by atoms with Crippen molar-refractivity contribution in [1.82, 2.24) is 0 Å². The lowest BCUT2D eigenvalue weighted by atomic mass is 10.00. The molecular formula is C24H40. The lowest BCUT2D eigenvalue weighted by Gasteiger charge is -2.06. The van der Waals surface area contributed by atoms with Crippen LogP contribution in [0.5, 0.6) is 0 Å². The maximum atomic E-state index is 4.22. The second-order valence-electron chi connectivity index (χ2n) is 7.32. The van der Waals surface area contributed by atoms with Gasteiger partial charge in [0.1, 0.15) is 0 Å². The van der Waals surface area contributed by atoms with Gasteiger partial charge in [0.25, 0.3) is 0 Å². The number of unbranched alkanes of at least 4 members (excludes halogenated alkanes) is 13. The van der Waals surface area contributed by atoms with E-state index in [1.54, 1.807) is 0 Å². The smallest absolute Gasteiger partial charge is 0.0230 e. The zero-order valence-corrected chi connectivity index (χ0v) is 16.2. The Morgan fingerprint density at radius 1 is 0.625 bits per heavy atom. The van der Waals surface area contributed by atoms with E-state index in [-0.39, 0.29) is 0 Å². The number of benzene rings is 1. The Labute approximate surface area is 151 Å². The first kappa shape index (κ1) is 21.0. The Morgan fingerprint density at radius 3 is 1.50 bits per heavy atom. The summed E-state index contributed by atoms with van der Waals surface area (Å²) in [5.41, 5.74) is 2.61. The van der Waals surface area contributed by atoms with Crippen molar-refractivity contribution in [3.8, 4) is 0 Å². The third-order valence-electron chi connectivity index (χ3n) is 5.01. The van der Waals surface area contributed by atoms with Crippen molar-refractivity contribution >= 4 is 5.57 Å². The van der Waals surface area contributed by atoms with Gasteiger partial charge in [-0.3, -0.25) is 0 Å². The standard InChI is InChI=1S/C24H40/c1-3-4-5-6-7-8-9-10-11-12-13-14-15-17-20-23(2)24-21-18-16-19-22-24/h16,18-19,21-22H,2-15,17,20H2,1H3. The van der Waals surface area contributed by atoms with Crippen LogP contribution in [0.1, 0.15) is 109 Å². The van der Waals surface area contributed by atoms with Crippen LogP contribution in [0.3, 0.4) is 0 Å². The molecule has 0 radical (unpaired) electrons. The molecule has 0 saturated heterocycles. The molecule has 0 nitrogen and oxygen atoms in total. The fraction of sp³-hybridized carbons (Fsp3) is 0.667. The fourth-order valence-electron chi connectivity index (χ4n) is 3.35. The predicted octanol–water partition coefficient (Wildman–Crippen LogP) is 8.57. The largest absolute Gasteiger partial charge is 0.0952 e. The van der Waals surface area contributed by atoms with Gasteiger partial charge in [-0.25, -0.2) is 0 Å². The minimum atomic E-state index is 1.15. The van der Waals surface area contributed by atoms with Gasteiger partial charge in [0.15, 0.2) is 0 Å². The van der Waals surface area contributed by atoms with E-state index < -0.39 is 0 Å². The zero-order valence-electron chi connectivity index (χ0n) is 16.2. The van der Waals surface area contributed by atoms with Crippen molar-refractivity contribution in [2.45, 2.75) is 103 Å². The molecule has 0 atom stereocenters. The van der Waals surface area contributed by atoms with Gasteiger partial charge < -0.3 is 0 Å². The quantitative estimate of drug-likeness (QED) is 0.266. The molecule has 0 aliphatic heterocycles. The topological polar surface area (TPSA) is 0 Å². The highest BCUT2D eigenvalue weighted by molar-refractivity contribution is 5.62. The highest BCUT2D eigenvalue weighted by Crippen LogP contribution is 2.19. The first-order valence-corrected chi connectivity index (χ1v) is 10.6. The monoisotopic (exact) mass is 328 g/mol. The molecule has 0 aromatic heterocycles. The lowest BCUT2D eigenvalue weighted by molar-refractivity contribution is 0.536. The normalized spacial score (nSPS) is 10.9. The van der Waals surface area contributed by atoms with Crippen LogP contribution < -0.4 is 0 Å². The predicted molar refractivity (Wildman–Crippen MR) is 110 cm³/mol. The van der Waals surface area contributed by atoms with Gasteiger partial charge in [-0.1, -0.05) is 127 Å². The van der Waals surface area contributed by atoms with Crippen LogP contribution in [0.25, 0.3) is 5.57 Å². The van der Waals surface area contributed by atoms with Gasteiger partial charge >= 0.3 is 0 Å². The molecule has 1 aromatic carbocycles. The van der Waals surface area contributed by atoms with E-state index in [9.17, 15) is 0 Å². The molecule has 24 heavy (non-hydrogen) atoms. The summed E-state index contributed by atoms with van der Waals surface area (Å²) in [6.07, 6.45) is 21.1. The minimum Gasteiger partial charge on any atom is -0.0952 e. The average molecular weight is 329 g/mol. The SMILES string of the molecule is C=C(CCCCCCCCCCCCCCCC)c1ccccc1. The Bertz CT molecular complexity index is 390. The molecule has 0 amide bonds. The van der Waals surface area contributed by atoms with Crippen molar-refractivity contribution in [1.29, 1.82) is 0 Å². The van der Waals surface area contributed by atoms with Gasteiger partial charge in [0.2, 0.25) is 0 Å². The molecular weight excluding hydrogens is 288 g/mol. The molecule has 0 unspecified atom stereocenters. The molecule has 0 aliphatic rings. The first-order valence-electron chi connectivity index (χ1n) is 10.6. The summed E-state index contributed by atoms with van der Waals surface area (Å²) in [6.45, 7) is 6.52. The van der Waals surface area contributed by atoms with Crippen molar-refractivity contribution in [3.63, 3.8) is 0 Å². The second kappa shape index (κ2) is 15.5. The van der Waals surface area contributed by atoms with Gasteiger partial charge in [0, 0.05) is 0 Å². The van der Waals surface area contributed by atoms with Crippen molar-refractivity contribution in [2.75, 3.05) is 0 Å². The molecule has 0 heterocycles. The van der Waals surface area contributed by atoms with E-state index in [0.29, 0.717) is 0 Å². The van der Waals surface area contributed by atoms with Crippen molar-refractivity contribution in [3.05, 3.63) is 42.5 Å². The Kier molecular flexibility index (Phi) is 13.6. The molecule has 1 rings (SSSR count). The summed E-state index contributed by atoms with van der Waals surface area (Å²) in [7, 11) is 0. The number of hydrogen-bond donors (Lipinski definition) is 0. The molecule has 0 heteroatoms. The molecule has 0 saturated carbocycles. The second-order valence-corrected chi connectivity index (χ2v) is 7.32. The number of allylic oxidation sites excluding steroid dienone is 1. The first-order chi connectivity index (χ1) is 11.8. The van der Waals surface area contributed by atoms with E-state index in [0.717, 1.165) is 6.42 Å². The fourth-order valence-corrected chi connectivity index (χ4v) is 3.35. The summed E-state index contributed by atoms with van der Waals surface area (Å²) in [5, 5.41) is 0. The van der Waals surface area contributed by atoms with Gasteiger partial charge in [0.05, 0.1) is 0 Å². The molecule has 0 bridgehead atoms. The van der Waals surface area contributed by atoms with Crippen LogP contribution in [0.4, 0.5) is 0 Å². The molecule has 1 aromatic rings. The maximum absolute atomic E-state index is 4.22. The Hall–Kier alpha value is -1.04. The Balaban J connectivity index is 1.80. The average Bonchev–Trinajstić information content (AvgIpc) is 2.62. The third-order valence-corrected chi connectivity index (χ3v) is 5.01. The van der Waals surface area contributed by atoms with Gasteiger partial charge in [-0.15, -0.1) is 0 Å². The molecule has 0 spiro atoms. The zero-order chi connectivity index (χ0) is 17.3. The summed E-state index contributed by atoms with van der Waals surface area (Å²) < 4.78 is 0. The summed E-state index contributed by atoms with van der Waals surface area (Å²) >= 11 is 0. The van der Waals surface area contributed by atoms with E-state index in [1.807, 2.05) is 0 Å². The van der Waals surface area contributed by atoms with Crippen molar-refractivity contribution in [2.24, 2.45) is 0 Å². The highest BCUT2D eigenvalue weighted by Gasteiger charge is 1.98. The van der Waals surface area contributed by atoms with Crippen LogP contribution in [0, 0.1) is 0 Å². The number of hydrogen-bond acceptors (Lipinski definition) is 0. The minimum absolute atomic E-state index is 1.15. The maximum Gasteiger partial charge on any atom is -0.0230 e. The van der Waals surface area contributed by atoms with E-state index in [4.69, 9.17) is 0 Å². The van der Waals surface area contributed by atoms with Crippen LogP contribution in [-0.2, 0) is 0 Å². The summed E-state index contributed by atoms with van der Waals surface area (Å²) in [5.74, 6) is 0. The van der Waals surface area contributed by atoms with Gasteiger partial charge in [-0.2, -0.15) is 0 Å². The van der Waals surface area contributed by atoms with Crippen LogP contribution in [-0.4, -0.2) is 0 Å². The van der Waals surface area contributed by atoms with E-state index in [2.05, 4.69) is 43.8 Å². The Morgan fingerprint density at radius 2 is 1.04 bits per heavy atom. The summed E-state index contributed by atoms with van der Waals surface area (Å²) in [6, 6.07) is 10.6.